The Morgan fingerprint density at radius 2 is 1.68 bits per heavy atom. The fourth-order valence-electron chi connectivity index (χ4n) is 2.76. The average molecular weight is 339 g/mol. The first kappa shape index (κ1) is 19.2. The number of esters is 1. The lowest BCUT2D eigenvalue weighted by Gasteiger charge is -2.19. The van der Waals surface area contributed by atoms with Crippen molar-refractivity contribution in [2.24, 2.45) is 0 Å². The SMILES string of the molecule is COC(=O)C(C)c1cccc(CNCc2ccc(C(C)(C)C)cc2)c1. The number of methoxy groups -OCH3 is 1. The molecule has 0 aliphatic rings. The minimum Gasteiger partial charge on any atom is -0.469 e. The summed E-state index contributed by atoms with van der Waals surface area (Å²) in [4.78, 5) is 11.7. The minimum atomic E-state index is -0.241. The number of hydrogen-bond acceptors (Lipinski definition) is 3. The van der Waals surface area contributed by atoms with Crippen molar-refractivity contribution >= 4 is 5.97 Å². The van der Waals surface area contributed by atoms with Crippen LogP contribution in [0.2, 0.25) is 0 Å². The summed E-state index contributed by atoms with van der Waals surface area (Å²) in [5.41, 5.74) is 4.95. The van der Waals surface area contributed by atoms with Gasteiger partial charge in [-0.1, -0.05) is 69.3 Å². The molecule has 0 amide bonds. The zero-order chi connectivity index (χ0) is 18.4. The summed E-state index contributed by atoms with van der Waals surface area (Å²) >= 11 is 0. The van der Waals surface area contributed by atoms with Crippen LogP contribution in [-0.4, -0.2) is 13.1 Å². The molecule has 134 valence electrons. The van der Waals surface area contributed by atoms with Crippen molar-refractivity contribution in [2.75, 3.05) is 7.11 Å². The molecule has 1 atom stereocenters. The van der Waals surface area contributed by atoms with Gasteiger partial charge in [0.15, 0.2) is 0 Å². The van der Waals surface area contributed by atoms with Crippen LogP contribution in [0.5, 0.6) is 0 Å². The Bertz CT molecular complexity index is 699. The maximum atomic E-state index is 11.7. The van der Waals surface area contributed by atoms with E-state index in [2.05, 4.69) is 62.5 Å². The molecule has 3 nitrogen and oxygen atoms in total. The molecule has 0 fully saturated rings. The zero-order valence-corrected chi connectivity index (χ0v) is 15.9. The molecule has 0 saturated carbocycles. The number of benzene rings is 2. The highest BCUT2D eigenvalue weighted by atomic mass is 16.5. The lowest BCUT2D eigenvalue weighted by molar-refractivity contribution is -0.141. The molecule has 0 spiro atoms. The first-order valence-corrected chi connectivity index (χ1v) is 8.78. The number of ether oxygens (including phenoxy) is 1. The van der Waals surface area contributed by atoms with Gasteiger partial charge in [-0.2, -0.15) is 0 Å². The van der Waals surface area contributed by atoms with Crippen molar-refractivity contribution in [3.63, 3.8) is 0 Å². The highest BCUT2D eigenvalue weighted by Crippen LogP contribution is 2.22. The summed E-state index contributed by atoms with van der Waals surface area (Å²) in [7, 11) is 1.43. The lowest BCUT2D eigenvalue weighted by Crippen LogP contribution is -2.15. The molecule has 2 rings (SSSR count). The largest absolute Gasteiger partial charge is 0.469 e. The number of carbonyl (C=O) groups excluding carboxylic acids is 1. The van der Waals surface area contributed by atoms with Crippen LogP contribution < -0.4 is 5.32 Å². The molecule has 2 aromatic rings. The molecule has 0 heterocycles. The number of hydrogen-bond donors (Lipinski definition) is 1. The Hall–Kier alpha value is -2.13. The zero-order valence-electron chi connectivity index (χ0n) is 15.9. The summed E-state index contributed by atoms with van der Waals surface area (Å²) in [6.07, 6.45) is 0. The second kappa shape index (κ2) is 8.30. The first-order valence-electron chi connectivity index (χ1n) is 8.78. The van der Waals surface area contributed by atoms with Gasteiger partial charge in [0.25, 0.3) is 0 Å². The third-order valence-electron chi connectivity index (χ3n) is 4.48. The Morgan fingerprint density at radius 1 is 1.04 bits per heavy atom. The van der Waals surface area contributed by atoms with E-state index in [0.717, 1.165) is 18.7 Å². The normalized spacial score (nSPS) is 12.7. The average Bonchev–Trinajstić information content (AvgIpc) is 2.60. The second-order valence-corrected chi connectivity index (χ2v) is 7.54. The van der Waals surface area contributed by atoms with Crippen LogP contribution >= 0.6 is 0 Å². The van der Waals surface area contributed by atoms with E-state index in [4.69, 9.17) is 4.74 Å². The van der Waals surface area contributed by atoms with Gasteiger partial charge in [0.2, 0.25) is 0 Å². The third kappa shape index (κ3) is 5.43. The quantitative estimate of drug-likeness (QED) is 0.785. The molecule has 1 unspecified atom stereocenters. The van der Waals surface area contributed by atoms with Crippen molar-refractivity contribution in [3.05, 3.63) is 70.8 Å². The molecule has 0 aromatic heterocycles. The van der Waals surface area contributed by atoms with E-state index >= 15 is 0 Å². The highest BCUT2D eigenvalue weighted by molar-refractivity contribution is 5.77. The van der Waals surface area contributed by atoms with Crippen molar-refractivity contribution < 1.29 is 9.53 Å². The fraction of sp³-hybridized carbons (Fsp3) is 0.409. The molecule has 3 heteroatoms. The van der Waals surface area contributed by atoms with Gasteiger partial charge in [-0.05, 0) is 34.6 Å². The number of carbonyl (C=O) groups is 1. The van der Waals surface area contributed by atoms with Crippen LogP contribution in [0.1, 0.15) is 55.9 Å². The van der Waals surface area contributed by atoms with Gasteiger partial charge < -0.3 is 10.1 Å². The Balaban J connectivity index is 1.93. The molecule has 0 bridgehead atoms. The molecule has 0 aliphatic carbocycles. The van der Waals surface area contributed by atoms with Crippen LogP contribution in [-0.2, 0) is 28.0 Å². The maximum Gasteiger partial charge on any atom is 0.312 e. The Morgan fingerprint density at radius 3 is 2.28 bits per heavy atom. The van der Waals surface area contributed by atoms with Crippen LogP contribution in [0.3, 0.4) is 0 Å². The van der Waals surface area contributed by atoms with E-state index in [1.54, 1.807) is 0 Å². The van der Waals surface area contributed by atoms with Gasteiger partial charge in [-0.25, -0.2) is 0 Å². The molecule has 0 aliphatic heterocycles. The molecule has 0 radical (unpaired) electrons. The monoisotopic (exact) mass is 339 g/mol. The molecular weight excluding hydrogens is 310 g/mol. The van der Waals surface area contributed by atoms with Crippen LogP contribution in [0.4, 0.5) is 0 Å². The molecule has 0 saturated heterocycles. The molecule has 25 heavy (non-hydrogen) atoms. The van der Waals surface area contributed by atoms with Crippen LogP contribution in [0, 0.1) is 0 Å². The third-order valence-corrected chi connectivity index (χ3v) is 4.48. The van der Waals surface area contributed by atoms with Crippen molar-refractivity contribution in [1.29, 1.82) is 0 Å². The lowest BCUT2D eigenvalue weighted by atomic mass is 9.87. The van der Waals surface area contributed by atoms with E-state index in [1.165, 1.54) is 23.8 Å². The Kier molecular flexibility index (Phi) is 6.38. The van der Waals surface area contributed by atoms with Gasteiger partial charge in [0, 0.05) is 13.1 Å². The van der Waals surface area contributed by atoms with Gasteiger partial charge in [0.1, 0.15) is 0 Å². The minimum absolute atomic E-state index is 0.183. The maximum absolute atomic E-state index is 11.7. The summed E-state index contributed by atoms with van der Waals surface area (Å²) in [6.45, 7) is 10.1. The van der Waals surface area contributed by atoms with E-state index < -0.39 is 0 Å². The summed E-state index contributed by atoms with van der Waals surface area (Å²) in [6, 6.07) is 16.9. The molecule has 1 N–H and O–H groups in total. The van der Waals surface area contributed by atoms with Crippen LogP contribution in [0.25, 0.3) is 0 Å². The van der Waals surface area contributed by atoms with E-state index in [0.29, 0.717) is 0 Å². The van der Waals surface area contributed by atoms with E-state index in [-0.39, 0.29) is 17.3 Å². The number of nitrogens with one attached hydrogen (secondary N) is 1. The predicted octanol–water partition coefficient (Wildman–Crippen LogP) is 4.55. The van der Waals surface area contributed by atoms with E-state index in [9.17, 15) is 4.79 Å². The fourth-order valence-corrected chi connectivity index (χ4v) is 2.76. The van der Waals surface area contributed by atoms with Crippen molar-refractivity contribution in [1.82, 2.24) is 5.32 Å². The van der Waals surface area contributed by atoms with Gasteiger partial charge in [-0.3, -0.25) is 4.79 Å². The standard InChI is InChI=1S/C22H29NO2/c1-16(21(24)25-5)19-8-6-7-18(13-19)15-23-14-17-9-11-20(12-10-17)22(2,3)4/h6-13,16,23H,14-15H2,1-5H3. The summed E-state index contributed by atoms with van der Waals surface area (Å²) in [5.74, 6) is -0.445. The molecule has 2 aromatic carbocycles. The summed E-state index contributed by atoms with van der Waals surface area (Å²) in [5, 5.41) is 3.47. The highest BCUT2D eigenvalue weighted by Gasteiger charge is 2.15. The van der Waals surface area contributed by atoms with Crippen LogP contribution in [0.15, 0.2) is 48.5 Å². The predicted molar refractivity (Wildman–Crippen MR) is 103 cm³/mol. The van der Waals surface area contributed by atoms with Crippen molar-refractivity contribution in [3.8, 4) is 0 Å². The topological polar surface area (TPSA) is 38.3 Å². The Labute approximate surface area is 151 Å². The van der Waals surface area contributed by atoms with E-state index in [1.807, 2.05) is 19.1 Å². The number of rotatable bonds is 6. The van der Waals surface area contributed by atoms with Gasteiger partial charge in [0.05, 0.1) is 13.0 Å². The first-order chi connectivity index (χ1) is 11.8. The smallest absolute Gasteiger partial charge is 0.312 e. The van der Waals surface area contributed by atoms with Gasteiger partial charge >= 0.3 is 5.97 Å². The summed E-state index contributed by atoms with van der Waals surface area (Å²) < 4.78 is 4.82. The second-order valence-electron chi connectivity index (χ2n) is 7.54. The molecular formula is C22H29NO2. The van der Waals surface area contributed by atoms with Gasteiger partial charge in [-0.15, -0.1) is 0 Å². The van der Waals surface area contributed by atoms with Crippen molar-refractivity contribution in [2.45, 2.75) is 52.1 Å².